The summed E-state index contributed by atoms with van der Waals surface area (Å²) in [7, 11) is -26.4. The van der Waals surface area contributed by atoms with Gasteiger partial charge in [-0.2, -0.15) is 57.0 Å². The summed E-state index contributed by atoms with van der Waals surface area (Å²) in [4.78, 5) is 5.70. The minimum atomic E-state index is -5.50. The van der Waals surface area contributed by atoms with E-state index in [1.165, 1.54) is 0 Å². The Morgan fingerprint density at radius 2 is 1.15 bits per heavy atom. The number of hydrogen-bond acceptors (Lipinski definition) is 21. The molecule has 0 bridgehead atoms. The predicted octanol–water partition coefficient (Wildman–Crippen LogP) is 4.51. The molecule has 0 aliphatic rings. The van der Waals surface area contributed by atoms with Crippen molar-refractivity contribution in [3.8, 4) is 5.75 Å². The molecule has 6 rings (SSSR count). The van der Waals surface area contributed by atoms with E-state index >= 15 is 0 Å². The van der Waals surface area contributed by atoms with Crippen molar-refractivity contribution in [3.05, 3.63) is 65.9 Å². The number of rotatable bonds is 11. The first-order valence-electron chi connectivity index (χ1n) is 15.5. The van der Waals surface area contributed by atoms with E-state index in [9.17, 15) is 70.0 Å². The maximum atomic E-state index is 12.6. The van der Waals surface area contributed by atoms with Gasteiger partial charge in [-0.15, -0.1) is 20.5 Å². The Balaban J connectivity index is 1.59. The van der Waals surface area contributed by atoms with Crippen LogP contribution in [0.5, 0.6) is 5.75 Å². The zero-order valence-corrected chi connectivity index (χ0v) is 34.1. The molecule has 11 N–H and O–H groups in total. The number of nitrogens with two attached hydrogens (primary N) is 2. The number of halogens is 1. The largest absolute Gasteiger partial charge is 0.505 e. The van der Waals surface area contributed by atoms with E-state index in [0.29, 0.717) is 12.1 Å². The molecule has 0 aliphatic carbocycles. The molecular formula is C29H21ClN10O16S5. The molecule has 0 aliphatic heterocycles. The Labute approximate surface area is 346 Å². The van der Waals surface area contributed by atoms with Crippen LogP contribution >= 0.6 is 11.6 Å². The molecule has 320 valence electrons. The number of phenolic OH excluding ortho intramolecular Hbond substituents is 1. The van der Waals surface area contributed by atoms with E-state index in [1.54, 1.807) is 0 Å². The minimum Gasteiger partial charge on any atom is -0.505 e. The first-order valence-corrected chi connectivity index (χ1v) is 23.1. The van der Waals surface area contributed by atoms with Crippen LogP contribution in [0.15, 0.2) is 106 Å². The van der Waals surface area contributed by atoms with E-state index in [2.05, 4.69) is 40.7 Å². The predicted molar refractivity (Wildman–Crippen MR) is 210 cm³/mol. The van der Waals surface area contributed by atoms with Gasteiger partial charge in [0.15, 0.2) is 5.75 Å². The Morgan fingerprint density at radius 1 is 0.574 bits per heavy atom. The number of aromatic hydroxyl groups is 1. The third-order valence-corrected chi connectivity index (χ3v) is 12.7. The maximum Gasteiger partial charge on any atom is 0.297 e. The fourth-order valence-electron chi connectivity index (χ4n) is 5.62. The van der Waals surface area contributed by atoms with Crippen molar-refractivity contribution in [2.45, 2.75) is 24.5 Å². The van der Waals surface area contributed by atoms with E-state index in [4.69, 9.17) is 23.1 Å². The van der Waals surface area contributed by atoms with Gasteiger partial charge in [-0.05, 0) is 59.5 Å². The minimum absolute atomic E-state index is 0.0719. The first kappa shape index (κ1) is 44.4. The van der Waals surface area contributed by atoms with Crippen molar-refractivity contribution in [2.24, 2.45) is 20.5 Å². The molecule has 26 nitrogen and oxygen atoms in total. The average molecular weight is 961 g/mol. The second-order valence-electron chi connectivity index (χ2n) is 11.9. The van der Waals surface area contributed by atoms with Gasteiger partial charge in [0, 0.05) is 16.5 Å². The van der Waals surface area contributed by atoms with Crippen molar-refractivity contribution < 1.29 is 70.0 Å². The summed E-state index contributed by atoms with van der Waals surface area (Å²) in [6.07, 6.45) is 0. The number of hydrogen-bond donors (Lipinski definition) is 9. The van der Waals surface area contributed by atoms with Crippen LogP contribution in [-0.2, 0) is 50.6 Å². The van der Waals surface area contributed by atoms with Crippen molar-refractivity contribution in [1.82, 2.24) is 15.0 Å². The lowest BCUT2D eigenvalue weighted by atomic mass is 10.1. The second-order valence-corrected chi connectivity index (χ2v) is 19.2. The highest BCUT2D eigenvalue weighted by atomic mass is 35.5. The van der Waals surface area contributed by atoms with Gasteiger partial charge in [0.2, 0.25) is 17.2 Å². The van der Waals surface area contributed by atoms with Crippen LogP contribution in [0.25, 0.3) is 21.5 Å². The van der Waals surface area contributed by atoms with Crippen molar-refractivity contribution in [3.63, 3.8) is 0 Å². The normalized spacial score (nSPS) is 13.1. The molecule has 6 aromatic rings. The third kappa shape index (κ3) is 9.15. The fourth-order valence-corrected chi connectivity index (χ4v) is 9.25. The molecule has 0 saturated heterocycles. The molecule has 1 heterocycles. The van der Waals surface area contributed by atoms with Crippen LogP contribution in [-0.4, -0.2) is 84.9 Å². The number of phenols is 1. The van der Waals surface area contributed by atoms with Gasteiger partial charge >= 0.3 is 0 Å². The SMILES string of the molecule is Nc1nc(Cl)nc(Nc2ccc(S(=O)(=O)O)c(/N=N/c3c(S(=O)(=O)O)cc4cc(S(=O)(=O)O)c(/N=N/c5ccc6c(S(=O)(=O)O)cccc6c5S(=O)(=O)O)c(O)c4c3N)c2)n1. The van der Waals surface area contributed by atoms with Crippen molar-refractivity contribution in [2.75, 3.05) is 16.8 Å². The fraction of sp³-hybridized carbons (Fsp3) is 0. The van der Waals surface area contributed by atoms with Crippen molar-refractivity contribution >= 4 is 130 Å². The summed E-state index contributed by atoms with van der Waals surface area (Å²) in [5, 5.41) is 25.8. The molecular weight excluding hydrogens is 940 g/mol. The van der Waals surface area contributed by atoms with Gasteiger partial charge in [0.1, 0.15) is 47.2 Å². The summed E-state index contributed by atoms with van der Waals surface area (Å²) >= 11 is 5.78. The van der Waals surface area contributed by atoms with E-state index < -0.39 is 131 Å². The summed E-state index contributed by atoms with van der Waals surface area (Å²) in [5.74, 6) is -1.93. The number of fused-ring (bicyclic) bond motifs is 2. The number of azo groups is 2. The highest BCUT2D eigenvalue weighted by molar-refractivity contribution is 7.87. The number of nitrogens with zero attached hydrogens (tertiary/aromatic N) is 7. The molecule has 0 saturated carbocycles. The average Bonchev–Trinajstić information content (AvgIpc) is 3.10. The van der Waals surface area contributed by atoms with Crippen LogP contribution in [0.4, 0.5) is 46.0 Å². The smallest absolute Gasteiger partial charge is 0.297 e. The molecule has 0 spiro atoms. The summed E-state index contributed by atoms with van der Waals surface area (Å²) in [5.41, 5.74) is 6.89. The molecule has 61 heavy (non-hydrogen) atoms. The number of anilines is 4. The highest BCUT2D eigenvalue weighted by Gasteiger charge is 2.29. The van der Waals surface area contributed by atoms with Crippen LogP contribution in [0.1, 0.15) is 0 Å². The molecule has 0 atom stereocenters. The zero-order valence-electron chi connectivity index (χ0n) is 29.2. The molecule has 0 amide bonds. The second kappa shape index (κ2) is 15.4. The standard InChI is InChI=1S/C29H21ClN10O16S5/c30-27-34-28(32)36-29(35-27)33-12-4-7-18(58(45,46)47)16(10-12)38-39-23-19(59(48,49)50)8-11-9-20(60(51,52)53)24(25(41)21(11)22(23)31)40-37-15-6-5-13-14(26(15)61(54,55)56)2-1-3-17(13)57(42,43)44/h1-10,41H,31H2,(H,42,43,44)(H,45,46,47)(H,48,49,50)(H,51,52,53)(H,54,55,56)(H3,32,33,34,35,36)/b39-38+,40-37+. The third-order valence-electron chi connectivity index (χ3n) is 7.99. The first-order chi connectivity index (χ1) is 28.1. The van der Waals surface area contributed by atoms with Gasteiger partial charge in [0.25, 0.3) is 50.6 Å². The molecule has 0 radical (unpaired) electrons. The highest BCUT2D eigenvalue weighted by Crippen LogP contribution is 2.49. The Kier molecular flexibility index (Phi) is 11.2. The monoisotopic (exact) mass is 960 g/mol. The topological polar surface area (TPSA) is 444 Å². The van der Waals surface area contributed by atoms with Gasteiger partial charge in [-0.1, -0.05) is 18.2 Å². The Bertz CT molecular complexity index is 3520. The van der Waals surface area contributed by atoms with Crippen molar-refractivity contribution in [1.29, 1.82) is 0 Å². The van der Waals surface area contributed by atoms with Gasteiger partial charge in [-0.25, -0.2) is 0 Å². The quantitative estimate of drug-likeness (QED) is 0.0490. The number of benzene rings is 5. The molecule has 32 heteroatoms. The van der Waals surface area contributed by atoms with Gasteiger partial charge in [0.05, 0.1) is 11.1 Å². The zero-order chi connectivity index (χ0) is 45.2. The number of nitrogens with one attached hydrogen (secondary N) is 1. The lowest BCUT2D eigenvalue weighted by molar-refractivity contribution is 0.472. The lowest BCUT2D eigenvalue weighted by Gasteiger charge is -2.14. The summed E-state index contributed by atoms with van der Waals surface area (Å²) in [6.45, 7) is 0. The van der Waals surface area contributed by atoms with Crippen LogP contribution < -0.4 is 16.8 Å². The van der Waals surface area contributed by atoms with E-state index in [1.807, 2.05) is 0 Å². The Morgan fingerprint density at radius 3 is 1.72 bits per heavy atom. The van der Waals surface area contributed by atoms with Crippen LogP contribution in [0.2, 0.25) is 5.28 Å². The molecule has 0 fully saturated rings. The Hall–Kier alpha value is -6.13. The number of nitrogen functional groups attached to an aromatic ring is 2. The molecule has 1 aromatic heterocycles. The molecule has 0 unspecified atom stereocenters. The van der Waals surface area contributed by atoms with Crippen LogP contribution in [0, 0.1) is 0 Å². The summed E-state index contributed by atoms with van der Waals surface area (Å²) < 4.78 is 174. The van der Waals surface area contributed by atoms with E-state index in [-0.39, 0.29) is 22.9 Å². The summed E-state index contributed by atoms with van der Waals surface area (Å²) in [6, 6.07) is 8.37. The maximum absolute atomic E-state index is 12.6. The van der Waals surface area contributed by atoms with Crippen LogP contribution in [0.3, 0.4) is 0 Å². The number of aromatic nitrogens is 3. The van der Waals surface area contributed by atoms with Gasteiger partial charge in [-0.3, -0.25) is 22.8 Å². The lowest BCUT2D eigenvalue weighted by Crippen LogP contribution is -2.04. The molecule has 5 aromatic carbocycles. The van der Waals surface area contributed by atoms with Gasteiger partial charge < -0.3 is 21.9 Å². The van der Waals surface area contributed by atoms with E-state index in [0.717, 1.165) is 48.5 Å².